The van der Waals surface area contributed by atoms with Crippen LogP contribution < -0.4 is 10.9 Å². The molecule has 0 aliphatic carbocycles. The predicted molar refractivity (Wildman–Crippen MR) is 98.4 cm³/mol. The second-order valence-corrected chi connectivity index (χ2v) is 7.04. The molecule has 156 valence electrons. The zero-order chi connectivity index (χ0) is 22.3. The first-order valence-electron chi connectivity index (χ1n) is 8.47. The van der Waals surface area contributed by atoms with E-state index >= 15 is 0 Å². The lowest BCUT2D eigenvalue weighted by molar-refractivity contribution is -0.230. The van der Waals surface area contributed by atoms with Gasteiger partial charge in [0.1, 0.15) is 0 Å². The Morgan fingerprint density at radius 1 is 0.690 bits per heavy atom. The maximum atomic E-state index is 14.5. The lowest BCUT2D eigenvalue weighted by Gasteiger charge is -2.29. The lowest BCUT2D eigenvalue weighted by atomic mass is 9.62. The van der Waals surface area contributed by atoms with Crippen molar-refractivity contribution in [2.45, 2.75) is 37.5 Å². The minimum atomic E-state index is -5.39. The lowest BCUT2D eigenvalue weighted by Crippen LogP contribution is -2.40. The van der Waals surface area contributed by atoms with E-state index in [1.165, 1.54) is 0 Å². The molecule has 0 heterocycles. The summed E-state index contributed by atoms with van der Waals surface area (Å²) >= 11 is 0. The number of rotatable bonds is 5. The van der Waals surface area contributed by atoms with Gasteiger partial charge in [-0.05, 0) is 36.6 Å². The van der Waals surface area contributed by atoms with E-state index in [4.69, 9.17) is 0 Å². The van der Waals surface area contributed by atoms with Crippen LogP contribution in [0.3, 0.4) is 0 Å². The van der Waals surface area contributed by atoms with Crippen LogP contribution in [0.5, 0.6) is 0 Å². The van der Waals surface area contributed by atoms with Gasteiger partial charge in [0.2, 0.25) is 11.3 Å². The highest BCUT2D eigenvalue weighted by Crippen LogP contribution is 2.46. The van der Waals surface area contributed by atoms with Crippen LogP contribution in [0.1, 0.15) is 30.5 Å². The van der Waals surface area contributed by atoms with Gasteiger partial charge in [-0.2, -0.15) is 26.3 Å². The maximum Gasteiger partial charge on any atom is 0.426 e. The number of alkyl halides is 8. The Balaban J connectivity index is 2.62. The molecule has 0 N–H and O–H groups in total. The Morgan fingerprint density at radius 3 is 1.45 bits per heavy atom. The van der Waals surface area contributed by atoms with Crippen LogP contribution in [0.25, 0.3) is 6.08 Å². The average molecular weight is 420 g/mol. The third kappa shape index (κ3) is 4.65. The fourth-order valence-corrected chi connectivity index (χ4v) is 2.67. The van der Waals surface area contributed by atoms with Crippen molar-refractivity contribution in [3.05, 3.63) is 65.7 Å². The van der Waals surface area contributed by atoms with Crippen LogP contribution in [0.15, 0.2) is 49.0 Å². The molecule has 2 aromatic rings. The van der Waals surface area contributed by atoms with E-state index in [0.29, 0.717) is 5.46 Å². The smallest absolute Gasteiger partial charge is 0.229 e. The molecule has 0 saturated carbocycles. The highest BCUT2D eigenvalue weighted by atomic mass is 19.4. The second-order valence-electron chi connectivity index (χ2n) is 7.04. The summed E-state index contributed by atoms with van der Waals surface area (Å²) < 4.78 is 108. The number of hydrogen-bond donors (Lipinski definition) is 0. The van der Waals surface area contributed by atoms with Crippen molar-refractivity contribution in [3.8, 4) is 0 Å². The molecule has 2 aromatic carbocycles. The van der Waals surface area contributed by atoms with Crippen LogP contribution in [-0.2, 0) is 11.3 Å². The third-order valence-electron chi connectivity index (χ3n) is 4.77. The molecule has 0 nitrogen and oxygen atoms in total. The molecule has 0 spiro atoms. The fourth-order valence-electron chi connectivity index (χ4n) is 2.67. The maximum absolute atomic E-state index is 14.5. The molecule has 29 heavy (non-hydrogen) atoms. The molecule has 2 rings (SSSR count). The summed E-state index contributed by atoms with van der Waals surface area (Å²) in [6.45, 7) is 3.96. The van der Waals surface area contributed by atoms with Crippen LogP contribution >= 0.6 is 0 Å². The van der Waals surface area contributed by atoms with E-state index in [0.717, 1.165) is 17.7 Å². The van der Waals surface area contributed by atoms with Gasteiger partial charge in [0.25, 0.3) is 0 Å². The molecule has 0 radical (unpaired) electrons. The predicted octanol–water partition coefficient (Wildman–Crippen LogP) is 5.21. The first kappa shape index (κ1) is 23.0. The van der Waals surface area contributed by atoms with Crippen molar-refractivity contribution < 1.29 is 35.1 Å². The summed E-state index contributed by atoms with van der Waals surface area (Å²) in [5.74, 6) is 0. The van der Waals surface area contributed by atoms with Gasteiger partial charge >= 0.3 is 12.4 Å². The molecule has 2 unspecified atom stereocenters. The molecule has 0 aliphatic rings. The number of halogens is 8. The van der Waals surface area contributed by atoms with Gasteiger partial charge in [0, 0.05) is 0 Å². The summed E-state index contributed by atoms with van der Waals surface area (Å²) in [5.41, 5.74) is -8.87. The summed E-state index contributed by atoms with van der Waals surface area (Å²) in [4.78, 5) is 0. The Hall–Kier alpha value is -2.32. The van der Waals surface area contributed by atoms with Crippen LogP contribution in [0.4, 0.5) is 35.1 Å². The summed E-state index contributed by atoms with van der Waals surface area (Å²) in [6, 6.07) is 8.40. The largest absolute Gasteiger partial charge is 0.426 e. The molecule has 9 heteroatoms. The van der Waals surface area contributed by atoms with Crippen molar-refractivity contribution in [2.24, 2.45) is 0 Å². The van der Waals surface area contributed by atoms with Gasteiger partial charge in [-0.1, -0.05) is 60.0 Å². The standard InChI is InChI=1S/C20H17BF8/c1-4-12-5-7-15(8-6-12)21-16-10-13(17(2,22)19(24,25)26)9-14(11-16)18(3,23)20(27,28)29/h4-11,21H,1H2,2-3H3. The normalized spacial score (nSPS) is 16.6. The van der Waals surface area contributed by atoms with Gasteiger partial charge in [0.15, 0.2) is 7.28 Å². The average Bonchev–Trinajstić information content (AvgIpc) is 2.60. The summed E-state index contributed by atoms with van der Waals surface area (Å²) in [5, 5.41) is 0. The highest BCUT2D eigenvalue weighted by Gasteiger charge is 2.56. The number of hydrogen-bond acceptors (Lipinski definition) is 0. The molecule has 0 fully saturated rings. The molecule has 2 atom stereocenters. The van der Waals surface area contributed by atoms with E-state index in [1.54, 1.807) is 30.3 Å². The molecule has 0 saturated heterocycles. The van der Waals surface area contributed by atoms with Crippen molar-refractivity contribution >= 4 is 24.3 Å². The molecular formula is C20H17BF8. The Morgan fingerprint density at radius 2 is 1.10 bits per heavy atom. The SMILES string of the molecule is C=Cc1ccc(Bc2cc(C(C)(F)C(F)(F)F)cc(C(C)(F)C(F)(F)F)c2)cc1. The highest BCUT2D eigenvalue weighted by molar-refractivity contribution is 6.67. The van der Waals surface area contributed by atoms with Crippen molar-refractivity contribution in [2.75, 3.05) is 0 Å². The minimum absolute atomic E-state index is 0.0786. The molecule has 0 aliphatic heterocycles. The van der Waals surface area contributed by atoms with Crippen molar-refractivity contribution in [1.29, 1.82) is 0 Å². The van der Waals surface area contributed by atoms with Gasteiger partial charge in [0.05, 0.1) is 0 Å². The van der Waals surface area contributed by atoms with Crippen LogP contribution in [0, 0.1) is 0 Å². The van der Waals surface area contributed by atoms with E-state index in [-0.39, 0.29) is 32.7 Å². The van der Waals surface area contributed by atoms with Crippen LogP contribution in [-0.4, -0.2) is 19.6 Å². The minimum Gasteiger partial charge on any atom is -0.229 e. The first-order valence-corrected chi connectivity index (χ1v) is 8.47. The zero-order valence-corrected chi connectivity index (χ0v) is 15.6. The van der Waals surface area contributed by atoms with E-state index in [9.17, 15) is 35.1 Å². The van der Waals surface area contributed by atoms with Crippen LogP contribution in [0.2, 0.25) is 0 Å². The fraction of sp³-hybridized carbons (Fsp3) is 0.300. The third-order valence-corrected chi connectivity index (χ3v) is 4.77. The zero-order valence-electron chi connectivity index (χ0n) is 15.6. The topological polar surface area (TPSA) is 0 Å². The first-order chi connectivity index (χ1) is 13.1. The van der Waals surface area contributed by atoms with Gasteiger partial charge in [-0.15, -0.1) is 0 Å². The van der Waals surface area contributed by atoms with Gasteiger partial charge in [-0.3, -0.25) is 0 Å². The molecule has 0 aromatic heterocycles. The summed E-state index contributed by atoms with van der Waals surface area (Å²) in [6.07, 6.45) is -9.23. The monoisotopic (exact) mass is 420 g/mol. The van der Waals surface area contributed by atoms with Gasteiger partial charge < -0.3 is 0 Å². The summed E-state index contributed by atoms with van der Waals surface area (Å²) in [7, 11) is -0.111. The quantitative estimate of drug-likeness (QED) is 0.460. The molecule has 0 bridgehead atoms. The van der Waals surface area contributed by atoms with Crippen molar-refractivity contribution in [3.63, 3.8) is 0 Å². The Kier molecular flexibility index (Phi) is 5.94. The number of benzene rings is 2. The molecular weight excluding hydrogens is 403 g/mol. The second kappa shape index (κ2) is 7.50. The van der Waals surface area contributed by atoms with Crippen molar-refractivity contribution in [1.82, 2.24) is 0 Å². The van der Waals surface area contributed by atoms with E-state index < -0.39 is 34.8 Å². The Bertz CT molecular complexity index is 833. The van der Waals surface area contributed by atoms with E-state index in [2.05, 4.69) is 6.58 Å². The van der Waals surface area contributed by atoms with E-state index in [1.807, 2.05) is 0 Å². The molecule has 0 amide bonds. The Labute approximate surface area is 163 Å². The van der Waals surface area contributed by atoms with Gasteiger partial charge in [-0.25, -0.2) is 8.78 Å².